The van der Waals surface area contributed by atoms with Crippen molar-refractivity contribution in [2.45, 2.75) is 12.3 Å². The molecule has 1 aliphatic carbocycles. The average molecular weight is 1050 g/mol. The number of hydrogen-bond donors (Lipinski definition) is 0. The topological polar surface area (TPSA) is 62.7 Å². The van der Waals surface area contributed by atoms with Crippen LogP contribution in [0.15, 0.2) is 279 Å². The number of aromatic nitrogens is 6. The molecule has 7 nitrogen and oxygen atoms in total. The van der Waals surface area contributed by atoms with E-state index in [1.54, 1.807) is 0 Å². The van der Waals surface area contributed by atoms with Crippen LogP contribution in [0.3, 0.4) is 0 Å². The van der Waals surface area contributed by atoms with Crippen molar-refractivity contribution in [1.82, 2.24) is 28.7 Å². The Hall–Kier alpha value is -10.9. The van der Waals surface area contributed by atoms with E-state index < -0.39 is 0 Å². The Kier molecular flexibility index (Phi) is 10.3. The third-order valence-corrected chi connectivity index (χ3v) is 16.8. The highest BCUT2D eigenvalue weighted by molar-refractivity contribution is 6.15. The number of para-hydroxylation sites is 5. The molecule has 17 rings (SSSR count). The van der Waals surface area contributed by atoms with E-state index in [-0.39, 0.29) is 5.92 Å². The molecule has 0 N–H and O–H groups in total. The zero-order valence-corrected chi connectivity index (χ0v) is 44.4. The van der Waals surface area contributed by atoms with E-state index in [0.717, 1.165) is 95.8 Å². The van der Waals surface area contributed by atoms with Crippen LogP contribution in [0.5, 0.6) is 5.75 Å². The van der Waals surface area contributed by atoms with Crippen LogP contribution in [-0.2, 0) is 0 Å². The summed E-state index contributed by atoms with van der Waals surface area (Å²) in [6.07, 6.45) is 5.16. The minimum atomic E-state index is 0.158. The molecule has 11 aromatic carbocycles. The summed E-state index contributed by atoms with van der Waals surface area (Å²) in [5.74, 6) is 3.76. The number of benzene rings is 11. The largest absolute Gasteiger partial charge is 0.461 e. The highest BCUT2D eigenvalue weighted by Crippen LogP contribution is 2.48. The molecule has 0 fully saturated rings. The molecule has 82 heavy (non-hydrogen) atoms. The Morgan fingerprint density at radius 1 is 0.341 bits per heavy atom. The van der Waals surface area contributed by atoms with Crippen LogP contribution in [0.1, 0.15) is 23.7 Å². The number of hydrogen-bond acceptors (Lipinski definition) is 4. The second-order valence-electron chi connectivity index (χ2n) is 21.4. The van der Waals surface area contributed by atoms with Gasteiger partial charge in [-0.25, -0.2) is 15.0 Å². The fraction of sp³-hybridized carbons (Fsp3) is 0.0267. The van der Waals surface area contributed by atoms with Gasteiger partial charge < -0.3 is 18.4 Å². The lowest BCUT2D eigenvalue weighted by Crippen LogP contribution is -2.08. The third-order valence-electron chi connectivity index (χ3n) is 16.8. The molecule has 0 bridgehead atoms. The van der Waals surface area contributed by atoms with E-state index >= 15 is 0 Å². The third kappa shape index (κ3) is 7.19. The average Bonchev–Trinajstić information content (AvgIpc) is 3.94. The molecular formula is C75H48N6O. The Morgan fingerprint density at radius 3 is 1.27 bits per heavy atom. The fourth-order valence-electron chi connectivity index (χ4n) is 13.1. The zero-order chi connectivity index (χ0) is 53.8. The van der Waals surface area contributed by atoms with Gasteiger partial charge in [0, 0.05) is 83.0 Å². The first-order valence-corrected chi connectivity index (χ1v) is 28.0. The van der Waals surface area contributed by atoms with Crippen molar-refractivity contribution in [1.29, 1.82) is 0 Å². The quantitative estimate of drug-likeness (QED) is 0.152. The Labute approximate surface area is 472 Å². The maximum Gasteiger partial charge on any atom is 0.164 e. The van der Waals surface area contributed by atoms with Gasteiger partial charge in [-0.05, 0) is 102 Å². The second kappa shape index (κ2) is 18.3. The van der Waals surface area contributed by atoms with Gasteiger partial charge in [0.15, 0.2) is 17.5 Å². The number of rotatable bonds is 8. The first kappa shape index (κ1) is 46.1. The van der Waals surface area contributed by atoms with Crippen molar-refractivity contribution >= 4 is 71.0 Å². The minimum absolute atomic E-state index is 0.158. The molecule has 7 heteroatoms. The zero-order valence-electron chi connectivity index (χ0n) is 44.4. The molecule has 0 radical (unpaired) electrons. The van der Waals surface area contributed by atoms with Gasteiger partial charge in [-0.2, -0.15) is 0 Å². The van der Waals surface area contributed by atoms with Crippen molar-refractivity contribution in [3.8, 4) is 67.8 Å². The molecule has 15 aromatic rings. The standard InChI is InChI=1S/C75H48N6O/c1-4-20-47(21-5-1)60-42-51(75-77-73(49-24-8-3-9-25-49)76-74(78-75)50-36-39-59-58-30-14-19-35-70(58)82-71(59)44-50)43-61(48-22-6-2-7-23-48)72(60)81-68-40-37-52(79-64-31-15-10-26-54(64)55-27-11-16-32-65(55)79)45-62(68)63-46-53(38-41-69(63)81)80-66-33-17-12-28-56(66)57-29-13-18-34-67(57)80/h1-38,40-46,59H,39H2. The summed E-state index contributed by atoms with van der Waals surface area (Å²) in [5, 5.41) is 7.19. The monoisotopic (exact) mass is 1050 g/mol. The molecule has 384 valence electrons. The molecule has 0 spiro atoms. The molecule has 2 aliphatic rings. The van der Waals surface area contributed by atoms with Gasteiger partial charge in [0.25, 0.3) is 0 Å². The first-order valence-electron chi connectivity index (χ1n) is 28.0. The maximum absolute atomic E-state index is 6.49. The second-order valence-corrected chi connectivity index (χ2v) is 21.4. The van der Waals surface area contributed by atoms with Crippen molar-refractivity contribution in [2.75, 3.05) is 0 Å². The van der Waals surface area contributed by atoms with Gasteiger partial charge in [0.1, 0.15) is 11.5 Å². The number of ether oxygens (including phenoxy) is 1. The van der Waals surface area contributed by atoms with Gasteiger partial charge >= 0.3 is 0 Å². The van der Waals surface area contributed by atoms with E-state index in [9.17, 15) is 0 Å². The lowest BCUT2D eigenvalue weighted by Gasteiger charge is -2.21. The van der Waals surface area contributed by atoms with E-state index in [1.807, 2.05) is 24.3 Å². The SMILES string of the molecule is C1=C(c2nc(-c3ccccc3)nc(-c3cc(-c4ccccc4)c(-n4c5ccc(-n6c7ccccc7c7ccccc76)cc5c5cc(-n6c7ccccc7c7ccccc76)ccc54)c(-c4ccccc4)c3)n2)C=C2Oc3ccccc3C2C1. The molecule has 4 aromatic heterocycles. The minimum Gasteiger partial charge on any atom is -0.461 e. The highest BCUT2D eigenvalue weighted by atomic mass is 16.5. The molecule has 0 amide bonds. The van der Waals surface area contributed by atoms with Crippen LogP contribution < -0.4 is 4.74 Å². The van der Waals surface area contributed by atoms with Gasteiger partial charge in [-0.1, -0.05) is 188 Å². The predicted octanol–water partition coefficient (Wildman–Crippen LogP) is 18.7. The van der Waals surface area contributed by atoms with Crippen LogP contribution in [0.2, 0.25) is 0 Å². The molecule has 0 saturated heterocycles. The fourth-order valence-corrected chi connectivity index (χ4v) is 13.1. The Bertz CT molecular complexity index is 4820. The number of fused-ring (bicyclic) bond motifs is 12. The summed E-state index contributed by atoms with van der Waals surface area (Å²) in [6.45, 7) is 0. The summed E-state index contributed by atoms with van der Waals surface area (Å²) in [6, 6.07) is 93.8. The Balaban J connectivity index is 0.942. The van der Waals surface area contributed by atoms with E-state index in [2.05, 4.69) is 262 Å². The molecular weight excluding hydrogens is 1000 g/mol. The van der Waals surface area contributed by atoms with Crippen LogP contribution in [0.25, 0.3) is 133 Å². The molecule has 5 heterocycles. The normalized spacial score (nSPS) is 13.9. The van der Waals surface area contributed by atoms with Crippen LogP contribution >= 0.6 is 0 Å². The van der Waals surface area contributed by atoms with Crippen molar-refractivity contribution < 1.29 is 4.74 Å². The predicted molar refractivity (Wildman–Crippen MR) is 335 cm³/mol. The molecule has 1 unspecified atom stereocenters. The number of nitrogens with zero attached hydrogens (tertiary/aromatic N) is 6. The summed E-state index contributed by atoms with van der Waals surface area (Å²) in [5.41, 5.74) is 18.2. The van der Waals surface area contributed by atoms with Crippen molar-refractivity contribution in [2.24, 2.45) is 0 Å². The van der Waals surface area contributed by atoms with E-state index in [1.165, 1.54) is 49.2 Å². The lowest BCUT2D eigenvalue weighted by atomic mass is 9.89. The van der Waals surface area contributed by atoms with E-state index in [4.69, 9.17) is 19.7 Å². The van der Waals surface area contributed by atoms with Gasteiger partial charge in [0.2, 0.25) is 0 Å². The number of allylic oxidation sites excluding steroid dienone is 4. The summed E-state index contributed by atoms with van der Waals surface area (Å²) < 4.78 is 13.9. The summed E-state index contributed by atoms with van der Waals surface area (Å²) in [7, 11) is 0. The van der Waals surface area contributed by atoms with Gasteiger partial charge in [-0.15, -0.1) is 0 Å². The van der Waals surface area contributed by atoms with Crippen molar-refractivity contribution in [3.63, 3.8) is 0 Å². The van der Waals surface area contributed by atoms with E-state index in [0.29, 0.717) is 17.5 Å². The first-order chi connectivity index (χ1) is 40.7. The van der Waals surface area contributed by atoms with Gasteiger partial charge in [-0.3, -0.25) is 0 Å². The molecule has 1 atom stereocenters. The van der Waals surface area contributed by atoms with Crippen LogP contribution in [0.4, 0.5) is 0 Å². The molecule has 1 aliphatic heterocycles. The summed E-state index contributed by atoms with van der Waals surface area (Å²) in [4.78, 5) is 16.0. The maximum atomic E-state index is 6.49. The molecule has 0 saturated carbocycles. The lowest BCUT2D eigenvalue weighted by molar-refractivity contribution is 0.426. The smallest absolute Gasteiger partial charge is 0.164 e. The Morgan fingerprint density at radius 2 is 0.756 bits per heavy atom. The van der Waals surface area contributed by atoms with Gasteiger partial charge in [0.05, 0.1) is 38.8 Å². The van der Waals surface area contributed by atoms with Crippen LogP contribution in [-0.4, -0.2) is 28.7 Å². The van der Waals surface area contributed by atoms with Crippen molar-refractivity contribution in [3.05, 3.63) is 290 Å². The highest BCUT2D eigenvalue weighted by Gasteiger charge is 2.32. The van der Waals surface area contributed by atoms with Crippen LogP contribution in [0, 0.1) is 0 Å². The summed E-state index contributed by atoms with van der Waals surface area (Å²) >= 11 is 0.